The molecule has 2 atom stereocenters. The number of hydrogen-bond acceptors (Lipinski definition) is 6. The van der Waals surface area contributed by atoms with E-state index >= 15 is 0 Å². The zero-order valence-corrected chi connectivity index (χ0v) is 12.9. The minimum Gasteiger partial charge on any atom is -0.466 e. The zero-order valence-electron chi connectivity index (χ0n) is 12.0. The first kappa shape index (κ1) is 18.9. The fourth-order valence-electron chi connectivity index (χ4n) is 1.99. The van der Waals surface area contributed by atoms with Gasteiger partial charge in [0, 0.05) is 31.8 Å². The molecule has 1 heterocycles. The lowest BCUT2D eigenvalue weighted by molar-refractivity contribution is -0.140. The second-order valence-electron chi connectivity index (χ2n) is 4.54. The summed E-state index contributed by atoms with van der Waals surface area (Å²) in [5, 5.41) is 0. The lowest BCUT2D eigenvalue weighted by atomic mass is 10.2. The summed E-state index contributed by atoms with van der Waals surface area (Å²) in [5.74, 6) is -1.12. The average molecular weight is 308 g/mol. The van der Waals surface area contributed by atoms with Crippen molar-refractivity contribution in [3.8, 4) is 0 Å². The van der Waals surface area contributed by atoms with Gasteiger partial charge in [0.25, 0.3) is 0 Å². The number of nitrogens with zero attached hydrogens (tertiary/aromatic N) is 1. The summed E-state index contributed by atoms with van der Waals surface area (Å²) in [5.41, 5.74) is 0. The normalized spacial score (nSPS) is 23.1. The molecule has 0 aromatic rings. The van der Waals surface area contributed by atoms with E-state index in [1.807, 2.05) is 13.8 Å². The van der Waals surface area contributed by atoms with Gasteiger partial charge >= 0.3 is 11.9 Å². The number of carbonyl (C=O) groups excluding carboxylic acids is 2. The Bertz CT molecular complexity index is 338. The van der Waals surface area contributed by atoms with Gasteiger partial charge in [0.05, 0.1) is 19.3 Å². The maximum atomic E-state index is 11.3. The summed E-state index contributed by atoms with van der Waals surface area (Å²) in [6.07, 6.45) is 2.50. The number of esters is 2. The monoisotopic (exact) mass is 307 g/mol. The van der Waals surface area contributed by atoms with E-state index < -0.39 is 11.9 Å². The van der Waals surface area contributed by atoms with Gasteiger partial charge in [0.1, 0.15) is 6.61 Å². The van der Waals surface area contributed by atoms with Gasteiger partial charge in [0.15, 0.2) is 0 Å². The largest absolute Gasteiger partial charge is 0.466 e. The minimum atomic E-state index is -0.576. The summed E-state index contributed by atoms with van der Waals surface area (Å²) in [7, 11) is 1.25. The second-order valence-corrected chi connectivity index (χ2v) is 4.54. The Morgan fingerprint density at radius 1 is 1.20 bits per heavy atom. The molecule has 0 N–H and O–H groups in total. The van der Waals surface area contributed by atoms with Crippen LogP contribution in [0.1, 0.15) is 13.8 Å². The van der Waals surface area contributed by atoms with Crippen LogP contribution in [0.3, 0.4) is 0 Å². The molecule has 20 heavy (non-hydrogen) atoms. The summed E-state index contributed by atoms with van der Waals surface area (Å²) in [6.45, 7) is 6.67. The van der Waals surface area contributed by atoms with Crippen molar-refractivity contribution < 1.29 is 23.8 Å². The van der Waals surface area contributed by atoms with Gasteiger partial charge in [-0.3, -0.25) is 4.90 Å². The number of rotatable bonds is 5. The summed E-state index contributed by atoms with van der Waals surface area (Å²) in [4.78, 5) is 24.2. The highest BCUT2D eigenvalue weighted by molar-refractivity contribution is 5.91. The van der Waals surface area contributed by atoms with Crippen molar-refractivity contribution in [3.05, 3.63) is 12.2 Å². The highest BCUT2D eigenvalue weighted by Crippen LogP contribution is 2.09. The number of carbonyl (C=O) groups is 2. The SMILES string of the molecule is COC(=O)C=CC(=O)OCCN1CC(C)OC(C)C1.Cl. The molecule has 2 unspecified atom stereocenters. The first-order chi connectivity index (χ1) is 9.01. The molecule has 0 spiro atoms. The van der Waals surface area contributed by atoms with Gasteiger partial charge in [-0.05, 0) is 13.8 Å². The Kier molecular flexibility index (Phi) is 9.20. The fraction of sp³-hybridized carbons (Fsp3) is 0.692. The van der Waals surface area contributed by atoms with E-state index in [-0.39, 0.29) is 24.6 Å². The van der Waals surface area contributed by atoms with E-state index in [1.165, 1.54) is 7.11 Å². The molecule has 1 aliphatic heterocycles. The highest BCUT2D eigenvalue weighted by Gasteiger charge is 2.21. The molecule has 1 fully saturated rings. The van der Waals surface area contributed by atoms with Crippen LogP contribution in [0.25, 0.3) is 0 Å². The number of hydrogen-bond donors (Lipinski definition) is 0. The van der Waals surface area contributed by atoms with Crippen LogP contribution >= 0.6 is 12.4 Å². The van der Waals surface area contributed by atoms with Crippen LogP contribution in [-0.2, 0) is 23.8 Å². The Balaban J connectivity index is 0.00000361. The topological polar surface area (TPSA) is 65.1 Å². The molecule has 0 aromatic heterocycles. The van der Waals surface area contributed by atoms with E-state index in [0.29, 0.717) is 13.2 Å². The van der Waals surface area contributed by atoms with Crippen LogP contribution in [0.2, 0.25) is 0 Å². The van der Waals surface area contributed by atoms with Gasteiger partial charge in [-0.15, -0.1) is 12.4 Å². The quantitative estimate of drug-likeness (QED) is 0.553. The molecular formula is C13H22ClNO5. The Labute approximate surface area is 125 Å². The Morgan fingerprint density at radius 2 is 1.75 bits per heavy atom. The fourth-order valence-corrected chi connectivity index (χ4v) is 1.99. The third-order valence-corrected chi connectivity index (χ3v) is 2.70. The first-order valence-corrected chi connectivity index (χ1v) is 6.32. The third-order valence-electron chi connectivity index (χ3n) is 2.70. The van der Waals surface area contributed by atoms with Crippen LogP contribution in [-0.4, -0.2) is 62.4 Å². The molecule has 0 aromatic carbocycles. The molecule has 6 nitrogen and oxygen atoms in total. The van der Waals surface area contributed by atoms with Gasteiger partial charge in [-0.2, -0.15) is 0 Å². The second kappa shape index (κ2) is 9.74. The van der Waals surface area contributed by atoms with Gasteiger partial charge in [0.2, 0.25) is 0 Å². The number of halogens is 1. The lowest BCUT2D eigenvalue weighted by Crippen LogP contribution is -2.46. The number of methoxy groups -OCH3 is 1. The van der Waals surface area contributed by atoms with Gasteiger partial charge < -0.3 is 14.2 Å². The van der Waals surface area contributed by atoms with Crippen molar-refractivity contribution in [2.75, 3.05) is 33.4 Å². The molecule has 1 rings (SSSR count). The average Bonchev–Trinajstić information content (AvgIpc) is 2.34. The number of morpholine rings is 1. The minimum absolute atomic E-state index is 0. The predicted molar refractivity (Wildman–Crippen MR) is 75.8 cm³/mol. The molecular weight excluding hydrogens is 286 g/mol. The lowest BCUT2D eigenvalue weighted by Gasteiger charge is -2.34. The summed E-state index contributed by atoms with van der Waals surface area (Å²) < 4.78 is 15.0. The Morgan fingerprint density at radius 3 is 2.30 bits per heavy atom. The molecule has 0 aliphatic carbocycles. The summed E-state index contributed by atoms with van der Waals surface area (Å²) >= 11 is 0. The molecule has 1 saturated heterocycles. The molecule has 0 bridgehead atoms. The smallest absolute Gasteiger partial charge is 0.331 e. The molecule has 1 aliphatic rings. The Hall–Kier alpha value is -1.11. The summed E-state index contributed by atoms with van der Waals surface area (Å²) in [6, 6.07) is 0. The van der Waals surface area contributed by atoms with Crippen molar-refractivity contribution >= 4 is 24.3 Å². The van der Waals surface area contributed by atoms with Crippen LogP contribution < -0.4 is 0 Å². The van der Waals surface area contributed by atoms with Crippen molar-refractivity contribution in [1.29, 1.82) is 0 Å². The number of ether oxygens (including phenoxy) is 3. The van der Waals surface area contributed by atoms with Crippen molar-refractivity contribution in [2.24, 2.45) is 0 Å². The van der Waals surface area contributed by atoms with Crippen molar-refractivity contribution in [1.82, 2.24) is 4.90 Å². The van der Waals surface area contributed by atoms with E-state index in [4.69, 9.17) is 9.47 Å². The van der Waals surface area contributed by atoms with Crippen molar-refractivity contribution in [3.63, 3.8) is 0 Å². The van der Waals surface area contributed by atoms with Crippen molar-refractivity contribution in [2.45, 2.75) is 26.1 Å². The highest BCUT2D eigenvalue weighted by atomic mass is 35.5. The van der Waals surface area contributed by atoms with E-state index in [2.05, 4.69) is 9.64 Å². The standard InChI is InChI=1S/C13H21NO5.ClH/c1-10-8-14(9-11(2)19-10)6-7-18-13(16)5-4-12(15)17-3;/h4-5,10-11H,6-9H2,1-3H3;1H. The molecule has 0 amide bonds. The molecule has 0 radical (unpaired) electrons. The third kappa shape index (κ3) is 7.47. The molecule has 7 heteroatoms. The van der Waals surface area contributed by atoms with E-state index in [1.54, 1.807) is 0 Å². The molecule has 0 saturated carbocycles. The van der Waals surface area contributed by atoms with E-state index in [9.17, 15) is 9.59 Å². The maximum Gasteiger partial charge on any atom is 0.331 e. The van der Waals surface area contributed by atoms with E-state index in [0.717, 1.165) is 25.2 Å². The van der Waals surface area contributed by atoms with Crippen LogP contribution in [0.15, 0.2) is 12.2 Å². The first-order valence-electron chi connectivity index (χ1n) is 6.32. The van der Waals surface area contributed by atoms with Crippen LogP contribution in [0.5, 0.6) is 0 Å². The zero-order chi connectivity index (χ0) is 14.3. The van der Waals surface area contributed by atoms with Gasteiger partial charge in [-0.1, -0.05) is 0 Å². The molecule has 116 valence electrons. The van der Waals surface area contributed by atoms with Gasteiger partial charge in [-0.25, -0.2) is 9.59 Å². The predicted octanol–water partition coefficient (Wildman–Crippen LogP) is 0.790. The van der Waals surface area contributed by atoms with Crippen LogP contribution in [0.4, 0.5) is 0 Å². The maximum absolute atomic E-state index is 11.3. The van der Waals surface area contributed by atoms with Crippen LogP contribution in [0, 0.1) is 0 Å².